The van der Waals surface area contributed by atoms with Crippen molar-refractivity contribution in [3.8, 4) is 0 Å². The van der Waals surface area contributed by atoms with Gasteiger partial charge in [0.05, 0.1) is 23.3 Å². The first-order valence-electron chi connectivity index (χ1n) is 7.51. The van der Waals surface area contributed by atoms with Crippen LogP contribution in [0.3, 0.4) is 0 Å². The van der Waals surface area contributed by atoms with Crippen LogP contribution in [0.2, 0.25) is 0 Å². The summed E-state index contributed by atoms with van der Waals surface area (Å²) in [6.07, 6.45) is -0.212. The zero-order chi connectivity index (χ0) is 17.8. The molecule has 0 aliphatic carbocycles. The lowest BCUT2D eigenvalue weighted by Gasteiger charge is -2.44. The van der Waals surface area contributed by atoms with Crippen LogP contribution in [0.5, 0.6) is 0 Å². The Hall–Kier alpha value is -2.07. The Labute approximate surface area is 141 Å². The SMILES string of the molecule is C[C@@H](O)[C@H]1C(=O)N2C(C(=O)O)=C(SC3C[C@@H](C(N)=O)NC3=N)C[C@H]12. The lowest BCUT2D eigenvalue weighted by atomic mass is 9.83. The molecule has 0 saturated carbocycles. The van der Waals surface area contributed by atoms with E-state index < -0.39 is 41.1 Å². The number of carboxylic acid groups (broad SMARTS) is 1. The van der Waals surface area contributed by atoms with Crippen LogP contribution in [0.15, 0.2) is 10.6 Å². The maximum absolute atomic E-state index is 12.1. The molecule has 0 aromatic rings. The fraction of sp³-hybridized carbons (Fsp3) is 0.571. The normalized spacial score (nSPS) is 33.2. The predicted octanol–water partition coefficient (Wildman–Crippen LogP) is -1.18. The Morgan fingerprint density at radius 2 is 2.17 bits per heavy atom. The number of aliphatic hydroxyl groups is 1. The molecule has 2 saturated heterocycles. The summed E-state index contributed by atoms with van der Waals surface area (Å²) < 4.78 is 0. The van der Waals surface area contributed by atoms with Gasteiger partial charge in [0.2, 0.25) is 11.8 Å². The third-order valence-corrected chi connectivity index (χ3v) is 5.98. The van der Waals surface area contributed by atoms with Crippen LogP contribution in [-0.4, -0.2) is 62.2 Å². The van der Waals surface area contributed by atoms with E-state index in [-0.39, 0.29) is 17.6 Å². The second-order valence-corrected chi connectivity index (χ2v) is 7.48. The fourth-order valence-electron chi connectivity index (χ4n) is 3.47. The predicted molar refractivity (Wildman–Crippen MR) is 84.9 cm³/mol. The molecule has 3 aliphatic rings. The molecular formula is C14H18N4O5S. The minimum atomic E-state index is -1.21. The average molecular weight is 354 g/mol. The highest BCUT2D eigenvalue weighted by atomic mass is 32.2. The summed E-state index contributed by atoms with van der Waals surface area (Å²) in [6, 6.07) is -1.00. The number of hydrogen-bond donors (Lipinski definition) is 5. The number of carbonyl (C=O) groups excluding carboxylic acids is 2. The molecule has 3 aliphatic heterocycles. The summed E-state index contributed by atoms with van der Waals surface area (Å²) in [4.78, 5) is 36.7. The highest BCUT2D eigenvalue weighted by Crippen LogP contribution is 2.48. The maximum atomic E-state index is 12.1. The quantitative estimate of drug-likeness (QED) is 0.389. The van der Waals surface area contributed by atoms with Crippen LogP contribution in [0.4, 0.5) is 0 Å². The number of fused-ring (bicyclic) bond motifs is 1. The molecule has 1 unspecified atom stereocenters. The first-order valence-corrected chi connectivity index (χ1v) is 8.38. The van der Waals surface area contributed by atoms with Crippen molar-refractivity contribution in [3.05, 3.63) is 10.6 Å². The second kappa shape index (κ2) is 5.78. The molecule has 10 heteroatoms. The Balaban J connectivity index is 1.80. The van der Waals surface area contributed by atoms with Gasteiger partial charge in [0.1, 0.15) is 17.6 Å². The van der Waals surface area contributed by atoms with Gasteiger partial charge in [-0.05, 0) is 13.3 Å². The number of β-lactam (4-membered cyclic amide) rings is 1. The van der Waals surface area contributed by atoms with Gasteiger partial charge in [-0.1, -0.05) is 0 Å². The molecule has 6 N–H and O–H groups in total. The van der Waals surface area contributed by atoms with E-state index >= 15 is 0 Å². The van der Waals surface area contributed by atoms with Gasteiger partial charge in [-0.2, -0.15) is 0 Å². The molecule has 0 spiro atoms. The number of rotatable bonds is 5. The molecule has 0 radical (unpaired) electrons. The lowest BCUT2D eigenvalue weighted by Crippen LogP contribution is -2.61. The van der Waals surface area contributed by atoms with Gasteiger partial charge < -0.3 is 26.2 Å². The van der Waals surface area contributed by atoms with Crippen LogP contribution in [0.1, 0.15) is 19.8 Å². The first-order chi connectivity index (χ1) is 11.2. The minimum Gasteiger partial charge on any atom is -0.477 e. The number of thioether (sulfide) groups is 1. The second-order valence-electron chi connectivity index (χ2n) is 6.18. The summed E-state index contributed by atoms with van der Waals surface area (Å²) >= 11 is 1.17. The number of nitrogens with one attached hydrogen (secondary N) is 2. The molecule has 3 rings (SSSR count). The number of hydrogen-bond acceptors (Lipinski definition) is 6. The fourth-order valence-corrected chi connectivity index (χ4v) is 4.86. The van der Waals surface area contributed by atoms with E-state index in [0.29, 0.717) is 17.7 Å². The molecule has 9 nitrogen and oxygen atoms in total. The summed E-state index contributed by atoms with van der Waals surface area (Å²) in [7, 11) is 0. The third kappa shape index (κ3) is 2.46. The van der Waals surface area contributed by atoms with Gasteiger partial charge in [-0.3, -0.25) is 15.0 Å². The van der Waals surface area contributed by atoms with E-state index in [1.54, 1.807) is 0 Å². The molecule has 2 amide bonds. The van der Waals surface area contributed by atoms with E-state index in [1.807, 2.05) is 0 Å². The number of carbonyl (C=O) groups is 3. The van der Waals surface area contributed by atoms with Crippen molar-refractivity contribution < 1.29 is 24.6 Å². The molecular weight excluding hydrogens is 336 g/mol. The topological polar surface area (TPSA) is 157 Å². The largest absolute Gasteiger partial charge is 0.477 e. The van der Waals surface area contributed by atoms with Crippen molar-refractivity contribution in [1.82, 2.24) is 10.2 Å². The van der Waals surface area contributed by atoms with Crippen molar-refractivity contribution in [3.63, 3.8) is 0 Å². The van der Waals surface area contributed by atoms with Crippen molar-refractivity contribution >= 4 is 35.4 Å². The van der Waals surface area contributed by atoms with Crippen LogP contribution in [-0.2, 0) is 14.4 Å². The number of aliphatic carboxylic acids is 1. The molecule has 24 heavy (non-hydrogen) atoms. The van der Waals surface area contributed by atoms with Crippen LogP contribution >= 0.6 is 11.8 Å². The number of nitrogens with zero attached hydrogens (tertiary/aromatic N) is 1. The summed E-state index contributed by atoms with van der Waals surface area (Å²) in [5.74, 6) is -2.64. The number of nitrogens with two attached hydrogens (primary N) is 1. The molecule has 130 valence electrons. The average Bonchev–Trinajstić information content (AvgIpc) is 2.98. The van der Waals surface area contributed by atoms with Crippen LogP contribution in [0, 0.1) is 11.3 Å². The van der Waals surface area contributed by atoms with E-state index in [9.17, 15) is 24.6 Å². The van der Waals surface area contributed by atoms with Crippen LogP contribution in [0.25, 0.3) is 0 Å². The van der Waals surface area contributed by atoms with Crippen molar-refractivity contribution in [1.29, 1.82) is 5.41 Å². The summed E-state index contributed by atoms with van der Waals surface area (Å²) in [5, 5.41) is 29.3. The van der Waals surface area contributed by atoms with Gasteiger partial charge in [0.25, 0.3) is 0 Å². The Bertz CT molecular complexity index is 676. The van der Waals surface area contributed by atoms with Gasteiger partial charge >= 0.3 is 5.97 Å². The van der Waals surface area contributed by atoms with E-state index in [1.165, 1.54) is 23.6 Å². The highest BCUT2D eigenvalue weighted by Gasteiger charge is 2.57. The molecule has 3 heterocycles. The van der Waals surface area contributed by atoms with Gasteiger partial charge in [-0.15, -0.1) is 11.8 Å². The van der Waals surface area contributed by atoms with E-state index in [0.717, 1.165) is 0 Å². The minimum absolute atomic E-state index is 0.0813. The molecule has 0 bridgehead atoms. The number of primary amides is 1. The molecule has 5 atom stereocenters. The molecule has 2 fully saturated rings. The van der Waals surface area contributed by atoms with Gasteiger partial charge in [-0.25, -0.2) is 4.79 Å². The number of aliphatic hydroxyl groups excluding tert-OH is 1. The Morgan fingerprint density at radius 1 is 1.50 bits per heavy atom. The first kappa shape index (κ1) is 16.8. The smallest absolute Gasteiger partial charge is 0.353 e. The zero-order valence-electron chi connectivity index (χ0n) is 12.9. The van der Waals surface area contributed by atoms with Crippen LogP contribution < -0.4 is 11.1 Å². The monoisotopic (exact) mass is 354 g/mol. The Morgan fingerprint density at radius 3 is 2.67 bits per heavy atom. The third-order valence-electron chi connectivity index (χ3n) is 4.62. The molecule has 0 aromatic heterocycles. The standard InChI is InChI=1S/C14H18N4O5S/c1-4(19)9-6-3-7(10(14(22)23)18(6)13(9)21)24-8-2-5(12(16)20)17-11(8)15/h4-6,8-9,19H,2-3H2,1H3,(H2,15,17)(H2,16,20)(H,22,23)/t4-,5+,6-,8?,9-/m1/s1. The summed E-state index contributed by atoms with van der Waals surface area (Å²) in [5.41, 5.74) is 5.15. The highest BCUT2D eigenvalue weighted by molar-refractivity contribution is 8.04. The van der Waals surface area contributed by atoms with Crippen molar-refractivity contribution in [2.75, 3.05) is 0 Å². The summed E-state index contributed by atoms with van der Waals surface area (Å²) in [6.45, 7) is 1.51. The van der Waals surface area contributed by atoms with Crippen molar-refractivity contribution in [2.45, 2.75) is 43.2 Å². The molecule has 0 aromatic carbocycles. The maximum Gasteiger partial charge on any atom is 0.353 e. The van der Waals surface area contributed by atoms with Crippen molar-refractivity contribution in [2.24, 2.45) is 11.7 Å². The number of amides is 2. The van der Waals surface area contributed by atoms with Gasteiger partial charge in [0, 0.05) is 11.3 Å². The van der Waals surface area contributed by atoms with E-state index in [2.05, 4.69) is 5.32 Å². The number of amidine groups is 1. The lowest BCUT2D eigenvalue weighted by molar-refractivity contribution is -0.161. The zero-order valence-corrected chi connectivity index (χ0v) is 13.7. The van der Waals surface area contributed by atoms with E-state index in [4.69, 9.17) is 11.1 Å². The van der Waals surface area contributed by atoms with Gasteiger partial charge in [0.15, 0.2) is 0 Å². The Kier molecular flexibility index (Phi) is 4.04. The number of carboxylic acids is 1.